The Kier molecular flexibility index (Phi) is 8.23. The summed E-state index contributed by atoms with van der Waals surface area (Å²) in [6.07, 6.45) is 2.94. The van der Waals surface area contributed by atoms with E-state index in [1.165, 1.54) is 0 Å². The van der Waals surface area contributed by atoms with Crippen LogP contribution in [0.1, 0.15) is 66.2 Å². The predicted molar refractivity (Wildman–Crippen MR) is 99.3 cm³/mol. The molecule has 0 radical (unpaired) electrons. The lowest BCUT2D eigenvalue weighted by molar-refractivity contribution is -0.198. The van der Waals surface area contributed by atoms with Gasteiger partial charge in [-0.1, -0.05) is 0 Å². The van der Waals surface area contributed by atoms with E-state index in [2.05, 4.69) is 13.8 Å². The Hall–Kier alpha value is -0.330. The molecule has 0 bridgehead atoms. The van der Waals surface area contributed by atoms with E-state index in [4.69, 9.17) is 4.74 Å². The second-order valence-electron chi connectivity index (χ2n) is 8.65. The van der Waals surface area contributed by atoms with Crippen molar-refractivity contribution in [2.24, 2.45) is 5.92 Å². The topological polar surface area (TPSA) is 15.7 Å². The molecule has 0 amide bonds. The fourth-order valence-corrected chi connectivity index (χ4v) is 4.41. The van der Waals surface area contributed by atoms with Gasteiger partial charge in [0.1, 0.15) is 6.04 Å². The second kappa shape index (κ2) is 9.74. The molecule has 2 fully saturated rings. The molecule has 0 aromatic heterocycles. The highest BCUT2D eigenvalue weighted by atomic mass is 19.4. The lowest BCUT2D eigenvalue weighted by Gasteiger charge is -2.43. The summed E-state index contributed by atoms with van der Waals surface area (Å²) in [7, 11) is 0. The van der Waals surface area contributed by atoms with Crippen LogP contribution < -0.4 is 0 Å². The first-order chi connectivity index (χ1) is 12.2. The van der Waals surface area contributed by atoms with E-state index in [0.717, 1.165) is 45.1 Å². The molecule has 0 spiro atoms. The minimum absolute atomic E-state index is 0.110. The molecular formula is C20H37F3N2O. The molecular weight excluding hydrogens is 341 g/mol. The van der Waals surface area contributed by atoms with Gasteiger partial charge < -0.3 is 4.74 Å². The highest BCUT2D eigenvalue weighted by molar-refractivity contribution is 4.88. The van der Waals surface area contributed by atoms with Crippen LogP contribution in [0.25, 0.3) is 0 Å². The number of nitrogens with zero attached hydrogens (tertiary/aromatic N) is 2. The maximum absolute atomic E-state index is 13.5. The summed E-state index contributed by atoms with van der Waals surface area (Å²) in [5.74, 6) is 0.656. The molecule has 3 nitrogen and oxygen atoms in total. The van der Waals surface area contributed by atoms with Crippen molar-refractivity contribution in [3.63, 3.8) is 0 Å². The van der Waals surface area contributed by atoms with E-state index in [1.807, 2.05) is 18.7 Å². The number of ether oxygens (including phenoxy) is 1. The molecule has 1 saturated carbocycles. The summed E-state index contributed by atoms with van der Waals surface area (Å²) >= 11 is 0. The van der Waals surface area contributed by atoms with Crippen molar-refractivity contribution in [2.75, 3.05) is 26.2 Å². The Balaban J connectivity index is 1.74. The van der Waals surface area contributed by atoms with Crippen LogP contribution >= 0.6 is 0 Å². The first kappa shape index (κ1) is 22.0. The minimum Gasteiger partial charge on any atom is -0.376 e. The van der Waals surface area contributed by atoms with Gasteiger partial charge in [-0.25, -0.2) is 0 Å². The molecule has 0 unspecified atom stereocenters. The SMILES string of the molecule is CC(C)OC1CCC(CCCN2CCN(C(C)C)C[C@H]2C(F)(F)F)CC1. The van der Waals surface area contributed by atoms with Gasteiger partial charge in [-0.2, -0.15) is 13.2 Å². The Labute approximate surface area is 157 Å². The Bertz CT molecular complexity index is 406. The third-order valence-corrected chi connectivity index (χ3v) is 5.95. The van der Waals surface area contributed by atoms with Gasteiger partial charge in [0, 0.05) is 25.7 Å². The molecule has 1 heterocycles. The van der Waals surface area contributed by atoms with E-state index in [9.17, 15) is 13.2 Å². The number of alkyl halides is 3. The minimum atomic E-state index is -4.14. The molecule has 1 aliphatic carbocycles. The van der Waals surface area contributed by atoms with E-state index < -0.39 is 12.2 Å². The van der Waals surface area contributed by atoms with Crippen molar-refractivity contribution in [3.8, 4) is 0 Å². The van der Waals surface area contributed by atoms with Gasteiger partial charge in [-0.15, -0.1) is 0 Å². The maximum atomic E-state index is 13.5. The summed E-state index contributed by atoms with van der Waals surface area (Å²) in [6.45, 7) is 10.0. The van der Waals surface area contributed by atoms with Gasteiger partial charge in [0.15, 0.2) is 0 Å². The first-order valence-electron chi connectivity index (χ1n) is 10.4. The zero-order valence-corrected chi connectivity index (χ0v) is 16.9. The second-order valence-corrected chi connectivity index (χ2v) is 8.65. The zero-order chi connectivity index (χ0) is 19.3. The van der Waals surface area contributed by atoms with Crippen LogP contribution in [0, 0.1) is 5.92 Å². The molecule has 1 atom stereocenters. The molecule has 154 valence electrons. The van der Waals surface area contributed by atoms with Crippen LogP contribution in [0.2, 0.25) is 0 Å². The van der Waals surface area contributed by atoms with Crippen molar-refractivity contribution in [2.45, 2.75) is 96.7 Å². The lowest BCUT2D eigenvalue weighted by atomic mass is 9.84. The van der Waals surface area contributed by atoms with E-state index in [1.54, 1.807) is 4.90 Å². The van der Waals surface area contributed by atoms with Crippen molar-refractivity contribution in [1.29, 1.82) is 0 Å². The average molecular weight is 379 g/mol. The number of halogens is 3. The van der Waals surface area contributed by atoms with Gasteiger partial charge in [-0.05, 0) is 78.7 Å². The van der Waals surface area contributed by atoms with Crippen LogP contribution in [-0.2, 0) is 4.74 Å². The summed E-state index contributed by atoms with van der Waals surface area (Å²) < 4.78 is 46.3. The van der Waals surface area contributed by atoms with Crippen molar-refractivity contribution in [3.05, 3.63) is 0 Å². The third-order valence-electron chi connectivity index (χ3n) is 5.95. The van der Waals surface area contributed by atoms with Gasteiger partial charge in [0.25, 0.3) is 0 Å². The number of piperazine rings is 1. The van der Waals surface area contributed by atoms with Crippen LogP contribution in [0.5, 0.6) is 0 Å². The van der Waals surface area contributed by atoms with Gasteiger partial charge >= 0.3 is 6.18 Å². The first-order valence-corrected chi connectivity index (χ1v) is 10.4. The number of hydrogen-bond donors (Lipinski definition) is 0. The number of hydrogen-bond acceptors (Lipinski definition) is 3. The monoisotopic (exact) mass is 378 g/mol. The van der Waals surface area contributed by atoms with E-state index >= 15 is 0 Å². The van der Waals surface area contributed by atoms with Crippen LogP contribution in [0.4, 0.5) is 13.2 Å². The fraction of sp³-hybridized carbons (Fsp3) is 1.00. The molecule has 0 aromatic rings. The fourth-order valence-electron chi connectivity index (χ4n) is 4.41. The Morgan fingerprint density at radius 1 is 1.00 bits per heavy atom. The lowest BCUT2D eigenvalue weighted by Crippen LogP contribution is -2.60. The zero-order valence-electron chi connectivity index (χ0n) is 16.9. The average Bonchev–Trinajstić information content (AvgIpc) is 2.55. The molecule has 1 saturated heterocycles. The Morgan fingerprint density at radius 2 is 1.65 bits per heavy atom. The Morgan fingerprint density at radius 3 is 2.19 bits per heavy atom. The quantitative estimate of drug-likeness (QED) is 0.638. The summed E-state index contributed by atoms with van der Waals surface area (Å²) in [5.41, 5.74) is 0. The summed E-state index contributed by atoms with van der Waals surface area (Å²) in [6, 6.07) is -1.14. The molecule has 2 aliphatic rings. The van der Waals surface area contributed by atoms with Gasteiger partial charge in [0.05, 0.1) is 12.2 Å². The van der Waals surface area contributed by atoms with Gasteiger partial charge in [0.2, 0.25) is 0 Å². The maximum Gasteiger partial charge on any atom is 0.405 e. The molecule has 2 rings (SSSR count). The molecule has 26 heavy (non-hydrogen) atoms. The number of rotatable bonds is 7. The normalized spacial score (nSPS) is 29.7. The van der Waals surface area contributed by atoms with Crippen molar-refractivity contribution < 1.29 is 17.9 Å². The standard InChI is InChI=1S/C20H37F3N2O/c1-15(2)25-13-12-24(19(14-25)20(21,22)23)11-5-6-17-7-9-18(10-8-17)26-16(3)4/h15-19H,5-14H2,1-4H3/t17?,18?,19-/m0/s1. The highest BCUT2D eigenvalue weighted by Crippen LogP contribution is 2.32. The summed E-state index contributed by atoms with van der Waals surface area (Å²) in [5, 5.41) is 0. The smallest absolute Gasteiger partial charge is 0.376 e. The molecule has 1 aliphatic heterocycles. The predicted octanol–water partition coefficient (Wildman–Crippen LogP) is 4.71. The van der Waals surface area contributed by atoms with Crippen LogP contribution in [0.15, 0.2) is 0 Å². The molecule has 0 aromatic carbocycles. The largest absolute Gasteiger partial charge is 0.405 e. The van der Waals surface area contributed by atoms with Gasteiger partial charge in [-0.3, -0.25) is 9.80 Å². The van der Waals surface area contributed by atoms with E-state index in [-0.39, 0.29) is 18.7 Å². The summed E-state index contributed by atoms with van der Waals surface area (Å²) in [4.78, 5) is 3.62. The van der Waals surface area contributed by atoms with Crippen molar-refractivity contribution >= 4 is 0 Å². The molecule has 0 N–H and O–H groups in total. The van der Waals surface area contributed by atoms with Crippen molar-refractivity contribution in [1.82, 2.24) is 9.80 Å². The van der Waals surface area contributed by atoms with Crippen LogP contribution in [0.3, 0.4) is 0 Å². The van der Waals surface area contributed by atoms with Crippen LogP contribution in [-0.4, -0.2) is 66.4 Å². The highest BCUT2D eigenvalue weighted by Gasteiger charge is 2.46. The third kappa shape index (κ3) is 6.68. The van der Waals surface area contributed by atoms with E-state index in [0.29, 0.717) is 25.1 Å². The molecule has 6 heteroatoms.